The molecule has 0 atom stereocenters. The third-order valence-corrected chi connectivity index (χ3v) is 4.67. The number of anilines is 1. The van der Waals surface area contributed by atoms with Crippen LogP contribution >= 0.6 is 0 Å². The standard InChI is InChI=1S/C23H19FN2O3/c1-2-29-23(28)15-4-7-17(8-5-15)25-22(27)12-14-3-9-18-19-10-6-16(24)13-21(19)26-20(18)11-14/h3-11,13,26H,2,12H2,1H3,(H,25,27). The summed E-state index contributed by atoms with van der Waals surface area (Å²) in [7, 11) is 0. The quantitative estimate of drug-likeness (QED) is 0.480. The fraction of sp³-hybridized carbons (Fsp3) is 0.130. The normalized spacial score (nSPS) is 11.0. The van der Waals surface area contributed by atoms with Crippen LogP contribution in [0.4, 0.5) is 10.1 Å². The summed E-state index contributed by atoms with van der Waals surface area (Å²) in [5, 5.41) is 4.75. The highest BCUT2D eigenvalue weighted by atomic mass is 19.1. The maximum absolute atomic E-state index is 13.4. The second-order valence-electron chi connectivity index (χ2n) is 6.72. The van der Waals surface area contributed by atoms with Crippen LogP contribution in [-0.2, 0) is 16.0 Å². The summed E-state index contributed by atoms with van der Waals surface area (Å²) in [5.74, 6) is -0.857. The molecule has 0 fully saturated rings. The van der Waals surface area contributed by atoms with Crippen molar-refractivity contribution in [3.63, 3.8) is 0 Å². The van der Waals surface area contributed by atoms with Gasteiger partial charge in [-0.05, 0) is 61.0 Å². The summed E-state index contributed by atoms with van der Waals surface area (Å²) in [6, 6.07) is 16.9. The number of rotatable bonds is 5. The van der Waals surface area contributed by atoms with Crippen molar-refractivity contribution in [1.29, 1.82) is 0 Å². The van der Waals surface area contributed by atoms with Gasteiger partial charge in [-0.3, -0.25) is 4.79 Å². The second kappa shape index (κ2) is 7.75. The van der Waals surface area contributed by atoms with Crippen molar-refractivity contribution < 1.29 is 18.7 Å². The van der Waals surface area contributed by atoms with Crippen LogP contribution in [0.2, 0.25) is 0 Å². The number of fused-ring (bicyclic) bond motifs is 3. The first-order chi connectivity index (χ1) is 14.0. The largest absolute Gasteiger partial charge is 0.462 e. The van der Waals surface area contributed by atoms with E-state index >= 15 is 0 Å². The lowest BCUT2D eigenvalue weighted by molar-refractivity contribution is -0.115. The van der Waals surface area contributed by atoms with Crippen molar-refractivity contribution in [2.75, 3.05) is 11.9 Å². The summed E-state index contributed by atoms with van der Waals surface area (Å²) < 4.78 is 18.4. The van der Waals surface area contributed by atoms with Gasteiger partial charge in [0, 0.05) is 27.5 Å². The number of ether oxygens (including phenoxy) is 1. The van der Waals surface area contributed by atoms with Gasteiger partial charge in [0.05, 0.1) is 18.6 Å². The number of carbonyl (C=O) groups excluding carboxylic acids is 2. The van der Waals surface area contributed by atoms with Crippen LogP contribution in [0.5, 0.6) is 0 Å². The molecule has 0 unspecified atom stereocenters. The highest BCUT2D eigenvalue weighted by molar-refractivity contribution is 6.07. The van der Waals surface area contributed by atoms with Crippen LogP contribution in [0.15, 0.2) is 60.7 Å². The fourth-order valence-electron chi connectivity index (χ4n) is 3.33. The van der Waals surface area contributed by atoms with Crippen LogP contribution in [0, 0.1) is 5.82 Å². The number of H-pyrrole nitrogens is 1. The molecule has 6 heteroatoms. The van der Waals surface area contributed by atoms with Gasteiger partial charge in [-0.25, -0.2) is 9.18 Å². The number of aromatic amines is 1. The molecule has 0 aliphatic carbocycles. The smallest absolute Gasteiger partial charge is 0.338 e. The van der Waals surface area contributed by atoms with Gasteiger partial charge in [0.1, 0.15) is 5.82 Å². The lowest BCUT2D eigenvalue weighted by Crippen LogP contribution is -2.14. The van der Waals surface area contributed by atoms with E-state index in [4.69, 9.17) is 4.74 Å². The minimum absolute atomic E-state index is 0.171. The predicted molar refractivity (Wildman–Crippen MR) is 110 cm³/mol. The lowest BCUT2D eigenvalue weighted by Gasteiger charge is -2.07. The van der Waals surface area contributed by atoms with Gasteiger partial charge < -0.3 is 15.0 Å². The Labute approximate surface area is 166 Å². The highest BCUT2D eigenvalue weighted by Crippen LogP contribution is 2.27. The van der Waals surface area contributed by atoms with Crippen LogP contribution in [0.1, 0.15) is 22.8 Å². The second-order valence-corrected chi connectivity index (χ2v) is 6.72. The van der Waals surface area contributed by atoms with Gasteiger partial charge >= 0.3 is 5.97 Å². The topological polar surface area (TPSA) is 71.2 Å². The molecule has 0 bridgehead atoms. The molecule has 1 aromatic heterocycles. The van der Waals surface area contributed by atoms with E-state index < -0.39 is 5.97 Å². The van der Waals surface area contributed by atoms with Crippen molar-refractivity contribution in [1.82, 2.24) is 4.98 Å². The first-order valence-electron chi connectivity index (χ1n) is 9.30. The zero-order valence-electron chi connectivity index (χ0n) is 15.8. The van der Waals surface area contributed by atoms with Gasteiger partial charge in [-0.1, -0.05) is 12.1 Å². The number of aromatic nitrogens is 1. The van der Waals surface area contributed by atoms with Crippen molar-refractivity contribution in [3.05, 3.63) is 77.6 Å². The van der Waals surface area contributed by atoms with Crippen molar-refractivity contribution in [2.45, 2.75) is 13.3 Å². The van der Waals surface area contributed by atoms with E-state index in [1.54, 1.807) is 37.3 Å². The minimum atomic E-state index is -0.392. The maximum Gasteiger partial charge on any atom is 0.338 e. The number of hydrogen-bond acceptors (Lipinski definition) is 3. The Hall–Kier alpha value is -3.67. The Kier molecular flexibility index (Phi) is 4.99. The number of esters is 1. The summed E-state index contributed by atoms with van der Waals surface area (Å²) >= 11 is 0. The molecular weight excluding hydrogens is 371 g/mol. The first-order valence-corrected chi connectivity index (χ1v) is 9.30. The number of nitrogens with one attached hydrogen (secondary N) is 2. The number of hydrogen-bond donors (Lipinski definition) is 2. The van der Waals surface area contributed by atoms with E-state index in [-0.39, 0.29) is 18.1 Å². The van der Waals surface area contributed by atoms with Crippen molar-refractivity contribution in [2.24, 2.45) is 0 Å². The van der Waals surface area contributed by atoms with Gasteiger partial charge in [0.15, 0.2) is 0 Å². The molecule has 4 aromatic rings. The molecule has 146 valence electrons. The average Bonchev–Trinajstić information content (AvgIpc) is 3.05. The highest BCUT2D eigenvalue weighted by Gasteiger charge is 2.10. The van der Waals surface area contributed by atoms with E-state index in [0.29, 0.717) is 17.9 Å². The van der Waals surface area contributed by atoms with E-state index in [1.807, 2.05) is 18.2 Å². The number of amides is 1. The van der Waals surface area contributed by atoms with E-state index in [0.717, 1.165) is 27.4 Å². The first kappa shape index (κ1) is 18.7. The van der Waals surface area contributed by atoms with Crippen LogP contribution in [0.3, 0.4) is 0 Å². The van der Waals surface area contributed by atoms with Crippen molar-refractivity contribution >= 4 is 39.4 Å². The Balaban J connectivity index is 1.47. The number of carbonyl (C=O) groups is 2. The summed E-state index contributed by atoms with van der Waals surface area (Å²) in [5.41, 5.74) is 3.46. The monoisotopic (exact) mass is 390 g/mol. The van der Waals surface area contributed by atoms with Crippen LogP contribution in [0.25, 0.3) is 21.8 Å². The van der Waals surface area contributed by atoms with Gasteiger partial charge in [-0.2, -0.15) is 0 Å². The molecule has 2 N–H and O–H groups in total. The zero-order chi connectivity index (χ0) is 20.4. The Bertz CT molecular complexity index is 1210. The summed E-state index contributed by atoms with van der Waals surface area (Å²) in [6.45, 7) is 2.06. The predicted octanol–water partition coefficient (Wildman–Crippen LogP) is 4.82. The third-order valence-electron chi connectivity index (χ3n) is 4.67. The molecule has 0 saturated carbocycles. The van der Waals surface area contributed by atoms with E-state index in [2.05, 4.69) is 10.3 Å². The summed E-state index contributed by atoms with van der Waals surface area (Å²) in [6.07, 6.45) is 0.194. The lowest BCUT2D eigenvalue weighted by atomic mass is 10.1. The maximum atomic E-state index is 13.4. The molecule has 0 saturated heterocycles. The van der Waals surface area contributed by atoms with Gasteiger partial charge in [0.25, 0.3) is 0 Å². The molecule has 0 radical (unpaired) electrons. The number of benzene rings is 3. The number of halogens is 1. The minimum Gasteiger partial charge on any atom is -0.462 e. The third kappa shape index (κ3) is 3.96. The van der Waals surface area contributed by atoms with Crippen molar-refractivity contribution in [3.8, 4) is 0 Å². The zero-order valence-corrected chi connectivity index (χ0v) is 15.8. The van der Waals surface area contributed by atoms with Gasteiger partial charge in [0.2, 0.25) is 5.91 Å². The van der Waals surface area contributed by atoms with Crippen LogP contribution in [-0.4, -0.2) is 23.5 Å². The van der Waals surface area contributed by atoms with Gasteiger partial charge in [-0.15, -0.1) is 0 Å². The Morgan fingerprint density at radius 3 is 2.38 bits per heavy atom. The molecule has 3 aromatic carbocycles. The molecular formula is C23H19FN2O3. The molecule has 29 heavy (non-hydrogen) atoms. The summed E-state index contributed by atoms with van der Waals surface area (Å²) in [4.78, 5) is 27.3. The Morgan fingerprint density at radius 1 is 0.966 bits per heavy atom. The molecule has 0 spiro atoms. The molecule has 1 heterocycles. The Morgan fingerprint density at radius 2 is 1.66 bits per heavy atom. The molecule has 5 nitrogen and oxygen atoms in total. The molecule has 4 rings (SSSR count). The molecule has 0 aliphatic rings. The SMILES string of the molecule is CCOC(=O)c1ccc(NC(=O)Cc2ccc3c(c2)[nH]c2cc(F)ccc23)cc1. The average molecular weight is 390 g/mol. The molecule has 1 amide bonds. The fourth-order valence-corrected chi connectivity index (χ4v) is 3.33. The molecule has 0 aliphatic heterocycles. The van der Waals surface area contributed by atoms with E-state index in [1.165, 1.54) is 12.1 Å². The van der Waals surface area contributed by atoms with E-state index in [9.17, 15) is 14.0 Å². The van der Waals surface area contributed by atoms with Crippen LogP contribution < -0.4 is 5.32 Å².